The van der Waals surface area contributed by atoms with Gasteiger partial charge in [0, 0.05) is 43.4 Å². The molecule has 1 aliphatic rings. The summed E-state index contributed by atoms with van der Waals surface area (Å²) in [6, 6.07) is 7.70. The van der Waals surface area contributed by atoms with Gasteiger partial charge in [0.2, 0.25) is 5.91 Å². The molecule has 4 aromatic rings. The van der Waals surface area contributed by atoms with E-state index in [2.05, 4.69) is 10.4 Å². The van der Waals surface area contributed by atoms with Crippen molar-refractivity contribution in [3.05, 3.63) is 80.2 Å². The summed E-state index contributed by atoms with van der Waals surface area (Å²) in [6.07, 6.45) is -2.65. The maximum Gasteiger partial charge on any atom is 0.395 e. The minimum absolute atomic E-state index is 0.00160. The normalized spacial score (nSPS) is 16.5. The van der Waals surface area contributed by atoms with Crippen LogP contribution in [-0.4, -0.2) is 50.7 Å². The van der Waals surface area contributed by atoms with Gasteiger partial charge in [0.05, 0.1) is 23.9 Å². The van der Waals surface area contributed by atoms with E-state index in [9.17, 15) is 27.6 Å². The Balaban J connectivity index is 1.57. The number of ether oxygens (including phenoxy) is 2. The van der Waals surface area contributed by atoms with E-state index in [1.807, 2.05) is 0 Å². The van der Waals surface area contributed by atoms with Gasteiger partial charge in [0.25, 0.3) is 5.56 Å². The average Bonchev–Trinajstić information content (AvgIpc) is 3.21. The van der Waals surface area contributed by atoms with Crippen molar-refractivity contribution in [3.8, 4) is 16.9 Å². The average molecular weight is 606 g/mol. The maximum absolute atomic E-state index is 13.8. The molecule has 1 aromatic carbocycles. The van der Waals surface area contributed by atoms with E-state index in [1.165, 1.54) is 55.2 Å². The monoisotopic (exact) mass is 605 g/mol. The number of nitrogens with zero attached hydrogens (tertiary/aromatic N) is 4. The van der Waals surface area contributed by atoms with Crippen LogP contribution in [-0.2, 0) is 23.0 Å². The zero-order valence-electron chi connectivity index (χ0n) is 22.8. The molecular weight excluding hydrogens is 579 g/mol. The number of aromatic nitrogens is 4. The molecule has 0 bridgehead atoms. The molecule has 1 unspecified atom stereocenters. The lowest BCUT2D eigenvalue weighted by Crippen LogP contribution is -2.36. The Kier molecular flexibility index (Phi) is 7.90. The summed E-state index contributed by atoms with van der Waals surface area (Å²) in [6.45, 7) is 1.03. The Bertz CT molecular complexity index is 1780. The Morgan fingerprint density at radius 3 is 2.67 bits per heavy atom. The summed E-state index contributed by atoms with van der Waals surface area (Å²) in [5.41, 5.74) is 0.623. The molecule has 0 saturated carbocycles. The van der Waals surface area contributed by atoms with Crippen LogP contribution in [0.1, 0.15) is 24.9 Å². The predicted octanol–water partition coefficient (Wildman–Crippen LogP) is 4.23. The number of fused-ring (bicyclic) bond motifs is 4. The van der Waals surface area contributed by atoms with Gasteiger partial charge < -0.3 is 14.8 Å². The Hall–Kier alpha value is -4.10. The largest absolute Gasteiger partial charge is 0.491 e. The lowest BCUT2D eigenvalue weighted by molar-refractivity contribution is -0.181. The lowest BCUT2D eigenvalue weighted by Gasteiger charge is -2.28. The molecule has 3 aromatic heterocycles. The smallest absolute Gasteiger partial charge is 0.395 e. The van der Waals surface area contributed by atoms with Gasteiger partial charge in [0.15, 0.2) is 5.65 Å². The van der Waals surface area contributed by atoms with Crippen LogP contribution in [0.4, 0.5) is 18.9 Å². The van der Waals surface area contributed by atoms with Gasteiger partial charge in [-0.3, -0.25) is 14.2 Å². The number of carbonyl (C=O) groups is 1. The number of anilines is 1. The fourth-order valence-corrected chi connectivity index (χ4v) is 5.11. The van der Waals surface area contributed by atoms with Gasteiger partial charge >= 0.3 is 11.9 Å². The first-order valence-electron chi connectivity index (χ1n) is 13.0. The molecule has 0 radical (unpaired) electrons. The summed E-state index contributed by atoms with van der Waals surface area (Å²) in [7, 11) is 2.94. The molecule has 0 spiro atoms. The third-order valence-electron chi connectivity index (χ3n) is 7.30. The predicted molar refractivity (Wildman–Crippen MR) is 149 cm³/mol. The Morgan fingerprint density at radius 2 is 1.95 bits per heavy atom. The van der Waals surface area contributed by atoms with Crippen LogP contribution in [0.2, 0.25) is 5.02 Å². The molecule has 0 aliphatic carbocycles. The van der Waals surface area contributed by atoms with Gasteiger partial charge in [-0.1, -0.05) is 17.7 Å². The molecule has 14 heteroatoms. The molecule has 5 rings (SSSR count). The summed E-state index contributed by atoms with van der Waals surface area (Å²) >= 11 is 6.18. The van der Waals surface area contributed by atoms with E-state index < -0.39 is 48.0 Å². The van der Waals surface area contributed by atoms with E-state index in [1.54, 1.807) is 19.1 Å². The zero-order chi connectivity index (χ0) is 30.3. The van der Waals surface area contributed by atoms with Crippen LogP contribution < -0.4 is 21.3 Å². The molecular formula is C28H27ClF3N5O5. The second kappa shape index (κ2) is 11.3. The fourth-order valence-electron chi connectivity index (χ4n) is 4.94. The Labute approximate surface area is 242 Å². The van der Waals surface area contributed by atoms with Crippen molar-refractivity contribution in [3.63, 3.8) is 0 Å². The van der Waals surface area contributed by atoms with Crippen molar-refractivity contribution >= 4 is 28.8 Å². The number of hydrogen-bond donors (Lipinski definition) is 1. The van der Waals surface area contributed by atoms with Crippen LogP contribution in [0.25, 0.3) is 16.8 Å². The molecule has 1 N–H and O–H groups in total. The molecule has 222 valence electrons. The number of halogens is 4. The highest BCUT2D eigenvalue weighted by atomic mass is 35.5. The van der Waals surface area contributed by atoms with Gasteiger partial charge in [-0.15, -0.1) is 0 Å². The molecule has 4 heterocycles. The van der Waals surface area contributed by atoms with E-state index in [4.69, 9.17) is 21.1 Å². The lowest BCUT2D eigenvalue weighted by atomic mass is 9.91. The van der Waals surface area contributed by atoms with Gasteiger partial charge in [-0.05, 0) is 48.7 Å². The highest BCUT2D eigenvalue weighted by molar-refractivity contribution is 6.30. The first-order chi connectivity index (χ1) is 19.8. The van der Waals surface area contributed by atoms with Crippen molar-refractivity contribution < 1.29 is 27.4 Å². The second-order valence-electron chi connectivity index (χ2n) is 10.2. The molecule has 0 saturated heterocycles. The minimum Gasteiger partial charge on any atom is -0.491 e. The number of methoxy groups -OCH3 is 1. The number of benzene rings is 1. The fraction of sp³-hybridized carbons (Fsp3) is 0.357. The Morgan fingerprint density at radius 1 is 1.19 bits per heavy atom. The number of aryl methyl sites for hydroxylation is 1. The number of amides is 1. The van der Waals surface area contributed by atoms with Crippen molar-refractivity contribution in [1.82, 2.24) is 18.7 Å². The van der Waals surface area contributed by atoms with Gasteiger partial charge in [-0.2, -0.15) is 18.3 Å². The highest BCUT2D eigenvalue weighted by Gasteiger charge is 2.41. The summed E-state index contributed by atoms with van der Waals surface area (Å²) < 4.78 is 56.1. The number of hydrogen-bond acceptors (Lipinski definition) is 6. The standard InChI is InChI=1S/C28H27ClF3N5O5/c1-15(41-3)8-22(26(39)33-19-6-7-24-34-35(2)27(40)37(24)12-19)36-13-23-21(11-25(36)38)20-10-18(29)5-4-16(20)9-17(14-42-23)28(30,31)32/h4-7,10-13,15,17,22H,8-9,14H2,1-3H3,(H,33,39)/t15-,17+,22?/m0/s1. The number of alkyl halides is 3. The van der Waals surface area contributed by atoms with Crippen molar-refractivity contribution in [2.45, 2.75) is 38.1 Å². The number of carbonyl (C=O) groups excluding carboxylic acids is 1. The maximum atomic E-state index is 13.8. The summed E-state index contributed by atoms with van der Waals surface area (Å²) in [5, 5.41) is 7.08. The minimum atomic E-state index is -4.53. The quantitative estimate of drug-likeness (QED) is 0.352. The third kappa shape index (κ3) is 5.79. The van der Waals surface area contributed by atoms with Crippen molar-refractivity contribution in [2.24, 2.45) is 13.0 Å². The van der Waals surface area contributed by atoms with Gasteiger partial charge in [-0.25, -0.2) is 13.9 Å². The summed E-state index contributed by atoms with van der Waals surface area (Å²) in [5.74, 6) is -2.41. The SMILES string of the molecule is CO[C@@H](C)CC(C(=O)Nc1ccc2nn(C)c(=O)n2c1)n1cc2c(cc1=O)-c1cc(Cl)ccc1C[C@@H](C(F)(F)F)CO2. The van der Waals surface area contributed by atoms with E-state index in [0.29, 0.717) is 16.8 Å². The van der Waals surface area contributed by atoms with Crippen LogP contribution in [0.5, 0.6) is 5.75 Å². The van der Waals surface area contributed by atoms with Crippen LogP contribution >= 0.6 is 11.6 Å². The van der Waals surface area contributed by atoms with Crippen molar-refractivity contribution in [1.29, 1.82) is 0 Å². The molecule has 1 aliphatic heterocycles. The number of pyridine rings is 2. The zero-order valence-corrected chi connectivity index (χ0v) is 23.6. The second-order valence-corrected chi connectivity index (χ2v) is 10.6. The first kappa shape index (κ1) is 29.4. The molecule has 1 amide bonds. The molecule has 0 fully saturated rings. The molecule has 3 atom stereocenters. The molecule has 10 nitrogen and oxygen atoms in total. The third-order valence-corrected chi connectivity index (χ3v) is 7.54. The topological polar surface area (TPSA) is 109 Å². The van der Waals surface area contributed by atoms with E-state index in [-0.39, 0.29) is 34.9 Å². The van der Waals surface area contributed by atoms with E-state index >= 15 is 0 Å². The number of nitrogens with one attached hydrogen (secondary N) is 1. The van der Waals surface area contributed by atoms with E-state index in [0.717, 1.165) is 9.25 Å². The van der Waals surface area contributed by atoms with Crippen LogP contribution in [0.15, 0.2) is 58.4 Å². The number of rotatable bonds is 6. The van der Waals surface area contributed by atoms with Crippen LogP contribution in [0.3, 0.4) is 0 Å². The van der Waals surface area contributed by atoms with Crippen molar-refractivity contribution in [2.75, 3.05) is 19.0 Å². The highest BCUT2D eigenvalue weighted by Crippen LogP contribution is 2.40. The van der Waals surface area contributed by atoms with Crippen LogP contribution in [0, 0.1) is 5.92 Å². The first-order valence-corrected chi connectivity index (χ1v) is 13.4. The van der Waals surface area contributed by atoms with Gasteiger partial charge in [0.1, 0.15) is 18.4 Å². The molecule has 42 heavy (non-hydrogen) atoms. The summed E-state index contributed by atoms with van der Waals surface area (Å²) in [4.78, 5) is 39.5.